The molecule has 0 saturated heterocycles. The van der Waals surface area contributed by atoms with E-state index in [2.05, 4.69) is 12.1 Å². The van der Waals surface area contributed by atoms with E-state index in [0.717, 1.165) is 18.4 Å². The maximum atomic E-state index is 13.9. The predicted molar refractivity (Wildman–Crippen MR) is 79.8 cm³/mol. The first-order valence-corrected chi connectivity index (χ1v) is 7.34. The SMILES string of the molecule is C[C@@H](O)c1ccc(OCc2ccc3c(c2)CCC3)c(F)c1. The quantitative estimate of drug-likeness (QED) is 0.922. The zero-order valence-electron chi connectivity index (χ0n) is 12.1. The van der Waals surface area contributed by atoms with Gasteiger partial charge in [0, 0.05) is 0 Å². The van der Waals surface area contributed by atoms with E-state index in [9.17, 15) is 9.50 Å². The molecule has 2 nitrogen and oxygen atoms in total. The minimum Gasteiger partial charge on any atom is -0.486 e. The average molecular weight is 286 g/mol. The molecule has 0 fully saturated rings. The summed E-state index contributed by atoms with van der Waals surface area (Å²) >= 11 is 0. The highest BCUT2D eigenvalue weighted by atomic mass is 19.1. The van der Waals surface area contributed by atoms with Crippen molar-refractivity contribution in [3.8, 4) is 5.75 Å². The second-order valence-electron chi connectivity index (χ2n) is 5.61. The monoisotopic (exact) mass is 286 g/mol. The predicted octanol–water partition coefficient (Wildman–Crippen LogP) is 3.95. The molecule has 0 bridgehead atoms. The van der Waals surface area contributed by atoms with Crippen LogP contribution in [-0.2, 0) is 19.4 Å². The van der Waals surface area contributed by atoms with Gasteiger partial charge in [-0.15, -0.1) is 0 Å². The fourth-order valence-corrected chi connectivity index (χ4v) is 2.77. The van der Waals surface area contributed by atoms with Crippen LogP contribution in [0.25, 0.3) is 0 Å². The lowest BCUT2D eigenvalue weighted by atomic mass is 10.1. The van der Waals surface area contributed by atoms with Crippen LogP contribution >= 0.6 is 0 Å². The number of aliphatic hydroxyl groups is 1. The molecule has 0 amide bonds. The second kappa shape index (κ2) is 5.86. The molecule has 1 N–H and O–H groups in total. The van der Waals surface area contributed by atoms with Gasteiger partial charge in [0.1, 0.15) is 6.61 Å². The summed E-state index contributed by atoms with van der Waals surface area (Å²) in [5.41, 5.74) is 4.43. The summed E-state index contributed by atoms with van der Waals surface area (Å²) in [6.45, 7) is 1.97. The van der Waals surface area contributed by atoms with Gasteiger partial charge in [-0.25, -0.2) is 4.39 Å². The zero-order valence-corrected chi connectivity index (χ0v) is 12.1. The fraction of sp³-hybridized carbons (Fsp3) is 0.333. The Hall–Kier alpha value is -1.87. The van der Waals surface area contributed by atoms with E-state index < -0.39 is 11.9 Å². The summed E-state index contributed by atoms with van der Waals surface area (Å²) in [6.07, 6.45) is 2.83. The summed E-state index contributed by atoms with van der Waals surface area (Å²) < 4.78 is 19.5. The smallest absolute Gasteiger partial charge is 0.165 e. The van der Waals surface area contributed by atoms with Crippen molar-refractivity contribution in [3.63, 3.8) is 0 Å². The van der Waals surface area contributed by atoms with E-state index in [0.29, 0.717) is 12.2 Å². The second-order valence-corrected chi connectivity index (χ2v) is 5.61. The van der Waals surface area contributed by atoms with Crippen LogP contribution in [0.3, 0.4) is 0 Å². The van der Waals surface area contributed by atoms with Gasteiger partial charge >= 0.3 is 0 Å². The Kier molecular flexibility index (Phi) is 3.93. The normalized spacial score (nSPS) is 14.8. The Morgan fingerprint density at radius 3 is 2.71 bits per heavy atom. The lowest BCUT2D eigenvalue weighted by Crippen LogP contribution is -2.00. The third-order valence-corrected chi connectivity index (χ3v) is 4.00. The number of hydrogen-bond acceptors (Lipinski definition) is 2. The highest BCUT2D eigenvalue weighted by molar-refractivity contribution is 5.36. The highest BCUT2D eigenvalue weighted by Gasteiger charge is 2.12. The molecule has 2 aromatic rings. The van der Waals surface area contributed by atoms with Crippen LogP contribution in [0.2, 0.25) is 0 Å². The Morgan fingerprint density at radius 1 is 1.14 bits per heavy atom. The molecule has 1 aliphatic rings. The van der Waals surface area contributed by atoms with Gasteiger partial charge < -0.3 is 9.84 Å². The maximum Gasteiger partial charge on any atom is 0.165 e. The van der Waals surface area contributed by atoms with Crippen LogP contribution in [0.15, 0.2) is 36.4 Å². The van der Waals surface area contributed by atoms with Crippen LogP contribution in [0.5, 0.6) is 5.75 Å². The minimum atomic E-state index is -0.676. The van der Waals surface area contributed by atoms with Gasteiger partial charge in [0.25, 0.3) is 0 Å². The Labute approximate surface area is 124 Å². The molecule has 1 aliphatic carbocycles. The fourth-order valence-electron chi connectivity index (χ4n) is 2.77. The van der Waals surface area contributed by atoms with Crippen LogP contribution in [0.1, 0.15) is 41.7 Å². The van der Waals surface area contributed by atoms with Crippen molar-refractivity contribution in [2.45, 2.75) is 38.9 Å². The van der Waals surface area contributed by atoms with E-state index >= 15 is 0 Å². The van der Waals surface area contributed by atoms with Crippen molar-refractivity contribution >= 4 is 0 Å². The highest BCUT2D eigenvalue weighted by Crippen LogP contribution is 2.25. The van der Waals surface area contributed by atoms with Gasteiger partial charge in [0.05, 0.1) is 6.10 Å². The largest absolute Gasteiger partial charge is 0.486 e. The lowest BCUT2D eigenvalue weighted by Gasteiger charge is -2.11. The summed E-state index contributed by atoms with van der Waals surface area (Å²) in [6, 6.07) is 10.9. The molecule has 110 valence electrons. The number of aliphatic hydroxyl groups excluding tert-OH is 1. The third-order valence-electron chi connectivity index (χ3n) is 4.00. The average Bonchev–Trinajstić information content (AvgIpc) is 2.93. The first-order chi connectivity index (χ1) is 10.1. The topological polar surface area (TPSA) is 29.5 Å². The van der Waals surface area contributed by atoms with Gasteiger partial charge in [-0.2, -0.15) is 0 Å². The molecule has 1 atom stereocenters. The van der Waals surface area contributed by atoms with Gasteiger partial charge in [-0.1, -0.05) is 24.3 Å². The van der Waals surface area contributed by atoms with E-state index in [1.807, 2.05) is 6.07 Å². The van der Waals surface area contributed by atoms with Crippen molar-refractivity contribution in [1.29, 1.82) is 0 Å². The molecule has 2 aromatic carbocycles. The third kappa shape index (κ3) is 3.08. The molecule has 0 unspecified atom stereocenters. The van der Waals surface area contributed by atoms with Gasteiger partial charge in [-0.3, -0.25) is 0 Å². The van der Waals surface area contributed by atoms with Crippen molar-refractivity contribution in [2.24, 2.45) is 0 Å². The summed E-state index contributed by atoms with van der Waals surface area (Å²) in [5.74, 6) is -0.213. The van der Waals surface area contributed by atoms with E-state index in [1.54, 1.807) is 19.1 Å². The summed E-state index contributed by atoms with van der Waals surface area (Å²) in [4.78, 5) is 0. The Balaban J connectivity index is 1.70. The molecular formula is C18H19FO2. The molecule has 3 rings (SSSR count). The molecule has 0 saturated carbocycles. The lowest BCUT2D eigenvalue weighted by molar-refractivity contribution is 0.198. The molecule has 0 spiro atoms. The number of fused-ring (bicyclic) bond motifs is 1. The molecule has 0 heterocycles. The van der Waals surface area contributed by atoms with E-state index in [-0.39, 0.29) is 5.75 Å². The number of benzene rings is 2. The summed E-state index contributed by atoms with van der Waals surface area (Å²) in [5, 5.41) is 9.43. The van der Waals surface area contributed by atoms with Crippen LogP contribution in [0.4, 0.5) is 4.39 Å². The molecular weight excluding hydrogens is 267 g/mol. The first kappa shape index (κ1) is 14.1. The number of aryl methyl sites for hydroxylation is 2. The van der Waals surface area contributed by atoms with E-state index in [1.165, 1.54) is 23.6 Å². The minimum absolute atomic E-state index is 0.222. The van der Waals surface area contributed by atoms with Crippen molar-refractivity contribution in [3.05, 3.63) is 64.5 Å². The van der Waals surface area contributed by atoms with E-state index in [4.69, 9.17) is 4.74 Å². The standard InChI is InChI=1S/C18H19FO2/c1-12(20)15-7-8-18(17(19)10-15)21-11-13-5-6-14-3-2-4-16(14)9-13/h5-10,12,20H,2-4,11H2,1H3/t12-/m1/s1. The maximum absolute atomic E-state index is 13.9. The van der Waals surface area contributed by atoms with Crippen LogP contribution in [0, 0.1) is 5.82 Å². The van der Waals surface area contributed by atoms with Crippen molar-refractivity contribution in [1.82, 2.24) is 0 Å². The Bertz CT molecular complexity index is 650. The van der Waals surface area contributed by atoms with Crippen LogP contribution in [-0.4, -0.2) is 5.11 Å². The number of halogens is 1. The molecule has 3 heteroatoms. The number of rotatable bonds is 4. The van der Waals surface area contributed by atoms with Gasteiger partial charge in [0.2, 0.25) is 0 Å². The van der Waals surface area contributed by atoms with Crippen molar-refractivity contribution < 1.29 is 14.2 Å². The molecule has 0 radical (unpaired) electrons. The first-order valence-electron chi connectivity index (χ1n) is 7.34. The zero-order chi connectivity index (χ0) is 14.8. The molecule has 0 aromatic heterocycles. The molecule has 21 heavy (non-hydrogen) atoms. The van der Waals surface area contributed by atoms with Gasteiger partial charge in [0.15, 0.2) is 11.6 Å². The molecule has 0 aliphatic heterocycles. The Morgan fingerprint density at radius 2 is 1.95 bits per heavy atom. The summed E-state index contributed by atoms with van der Waals surface area (Å²) in [7, 11) is 0. The van der Waals surface area contributed by atoms with Crippen molar-refractivity contribution in [2.75, 3.05) is 0 Å². The van der Waals surface area contributed by atoms with Crippen LogP contribution < -0.4 is 4.74 Å². The number of ether oxygens (including phenoxy) is 1. The number of hydrogen-bond donors (Lipinski definition) is 1. The van der Waals surface area contributed by atoms with Gasteiger partial charge in [-0.05, 0) is 60.6 Å².